The Morgan fingerprint density at radius 3 is 2.35 bits per heavy atom. The van der Waals surface area contributed by atoms with Crippen LogP contribution in [0, 0.1) is 5.82 Å². The van der Waals surface area contributed by atoms with Crippen molar-refractivity contribution in [3.63, 3.8) is 0 Å². The number of rotatable bonds is 1. The molecule has 1 aromatic heterocycles. The molecule has 11 heteroatoms. The first-order valence-electron chi connectivity index (χ1n) is 12.4. The minimum absolute atomic E-state index is 0.0670. The molecule has 1 aromatic carbocycles. The molecular formula is C26H33BrClFN4O4. The lowest BCUT2D eigenvalue weighted by Gasteiger charge is -2.38. The van der Waals surface area contributed by atoms with Crippen LogP contribution in [0.15, 0.2) is 10.5 Å². The Kier molecular flexibility index (Phi) is 7.93. The largest absolute Gasteiger partial charge is 0.479 e. The molecule has 2 fully saturated rings. The molecule has 5 rings (SSSR count). The zero-order valence-electron chi connectivity index (χ0n) is 21.8. The summed E-state index contributed by atoms with van der Waals surface area (Å²) in [6, 6.07) is 1.61. The van der Waals surface area contributed by atoms with Crippen molar-refractivity contribution >= 4 is 56.1 Å². The number of nitrogens with zero attached hydrogens (tertiary/aromatic N) is 3. The molecule has 0 unspecified atom stereocenters. The third kappa shape index (κ3) is 5.38. The van der Waals surface area contributed by atoms with E-state index < -0.39 is 22.9 Å². The maximum absolute atomic E-state index is 15.0. The number of benzene rings is 1. The lowest BCUT2D eigenvalue weighted by atomic mass is 9.72. The van der Waals surface area contributed by atoms with E-state index in [4.69, 9.17) is 21.1 Å². The Labute approximate surface area is 229 Å². The molecule has 2 aromatic rings. The number of anilines is 1. The van der Waals surface area contributed by atoms with Gasteiger partial charge in [-0.15, -0.1) is 0 Å². The molecular weight excluding hydrogens is 567 g/mol. The fraction of sp³-hybridized carbons (Fsp3) is 0.577. The summed E-state index contributed by atoms with van der Waals surface area (Å²) in [5, 5.41) is 3.50. The van der Waals surface area contributed by atoms with Gasteiger partial charge in [-0.2, -0.15) is 0 Å². The SMILES string of the molecule is CN1CCCC1.COc1nc2c(F)c(Br)c(Cl)cc2c2c1NC(=O)C21CCN(C(=O)OC(C)(C)C)CC1. The number of likely N-dealkylation sites (tertiary alicyclic amines) is 2. The first kappa shape index (κ1) is 27.9. The van der Waals surface area contributed by atoms with Crippen molar-refractivity contribution in [2.75, 3.05) is 45.7 Å². The minimum Gasteiger partial charge on any atom is -0.479 e. The summed E-state index contributed by atoms with van der Waals surface area (Å²) in [4.78, 5) is 33.9. The van der Waals surface area contributed by atoms with Gasteiger partial charge in [0.2, 0.25) is 11.8 Å². The standard InChI is InChI=1S/C21H22BrClFN3O4.C5H11N/c1-20(2,3)31-19(29)27-7-5-21(6-8-27)12-10-9-11(23)13(22)14(24)15(10)25-17(30-4)16(12)26-18(21)28;1-6-4-2-3-5-6/h9H,5-8H2,1-4H3,(H,26,28);2-5H2,1H3. The molecule has 2 amide bonds. The number of carbonyl (C=O) groups is 2. The van der Waals surface area contributed by atoms with Crippen molar-refractivity contribution in [3.8, 4) is 5.88 Å². The first-order chi connectivity index (χ1) is 17.4. The van der Waals surface area contributed by atoms with E-state index >= 15 is 0 Å². The van der Waals surface area contributed by atoms with E-state index in [0.717, 1.165) is 0 Å². The van der Waals surface area contributed by atoms with Crippen LogP contribution in [0.1, 0.15) is 52.0 Å². The van der Waals surface area contributed by atoms with Crippen molar-refractivity contribution < 1.29 is 23.5 Å². The number of pyridine rings is 1. The van der Waals surface area contributed by atoms with E-state index in [2.05, 4.69) is 38.2 Å². The number of aromatic nitrogens is 1. The Morgan fingerprint density at radius 1 is 1.22 bits per heavy atom. The Morgan fingerprint density at radius 2 is 1.84 bits per heavy atom. The zero-order valence-corrected chi connectivity index (χ0v) is 24.2. The maximum Gasteiger partial charge on any atom is 0.410 e. The van der Waals surface area contributed by atoms with Gasteiger partial charge in [0.15, 0.2) is 5.82 Å². The van der Waals surface area contributed by atoms with Crippen molar-refractivity contribution in [3.05, 3.63) is 26.9 Å². The Hall–Kier alpha value is -2.17. The van der Waals surface area contributed by atoms with Crippen molar-refractivity contribution in [1.29, 1.82) is 0 Å². The van der Waals surface area contributed by atoms with Crippen LogP contribution in [-0.4, -0.2) is 72.7 Å². The normalized spacial score (nSPS) is 18.9. The topological polar surface area (TPSA) is 84.0 Å². The Bertz CT molecular complexity index is 1220. The van der Waals surface area contributed by atoms with Crippen LogP contribution in [0.4, 0.5) is 14.9 Å². The van der Waals surface area contributed by atoms with Gasteiger partial charge in [-0.1, -0.05) is 11.6 Å². The number of amides is 2. The van der Waals surface area contributed by atoms with Gasteiger partial charge in [-0.05, 0) is 88.6 Å². The minimum atomic E-state index is -0.952. The first-order valence-corrected chi connectivity index (χ1v) is 13.6. The predicted molar refractivity (Wildman–Crippen MR) is 145 cm³/mol. The van der Waals surface area contributed by atoms with E-state index in [1.165, 1.54) is 33.0 Å². The van der Waals surface area contributed by atoms with Gasteiger partial charge in [-0.25, -0.2) is 14.2 Å². The van der Waals surface area contributed by atoms with E-state index in [1.807, 2.05) is 0 Å². The maximum atomic E-state index is 15.0. The molecule has 8 nitrogen and oxygen atoms in total. The number of hydrogen-bond acceptors (Lipinski definition) is 6. The van der Waals surface area contributed by atoms with E-state index in [0.29, 0.717) is 42.6 Å². The van der Waals surface area contributed by atoms with Crippen LogP contribution in [0.2, 0.25) is 5.02 Å². The fourth-order valence-electron chi connectivity index (χ4n) is 5.14. The molecule has 0 bridgehead atoms. The van der Waals surface area contributed by atoms with E-state index in [-0.39, 0.29) is 26.8 Å². The molecule has 202 valence electrons. The van der Waals surface area contributed by atoms with Crippen LogP contribution < -0.4 is 10.1 Å². The monoisotopic (exact) mass is 598 g/mol. The number of fused-ring (bicyclic) bond motifs is 4. The number of methoxy groups -OCH3 is 1. The van der Waals surface area contributed by atoms with Gasteiger partial charge in [0.1, 0.15) is 16.8 Å². The highest BCUT2D eigenvalue weighted by molar-refractivity contribution is 9.10. The summed E-state index contributed by atoms with van der Waals surface area (Å²) < 4.78 is 25.9. The molecule has 0 radical (unpaired) electrons. The van der Waals surface area contributed by atoms with Crippen LogP contribution in [0.5, 0.6) is 5.88 Å². The number of nitrogens with one attached hydrogen (secondary N) is 1. The average molecular weight is 600 g/mol. The second-order valence-corrected chi connectivity index (χ2v) is 12.0. The third-order valence-electron chi connectivity index (χ3n) is 7.03. The number of ether oxygens (including phenoxy) is 2. The van der Waals surface area contributed by atoms with Crippen LogP contribution in [-0.2, 0) is 14.9 Å². The van der Waals surface area contributed by atoms with Crippen LogP contribution in [0.3, 0.4) is 0 Å². The van der Waals surface area contributed by atoms with Gasteiger partial charge in [0.05, 0.1) is 22.0 Å². The molecule has 3 aliphatic rings. The molecule has 0 atom stereocenters. The predicted octanol–water partition coefficient (Wildman–Crippen LogP) is 5.73. The molecule has 4 heterocycles. The molecule has 0 saturated carbocycles. The lowest BCUT2D eigenvalue weighted by molar-refractivity contribution is -0.122. The third-order valence-corrected chi connectivity index (χ3v) is 8.33. The zero-order chi connectivity index (χ0) is 27.1. The van der Waals surface area contributed by atoms with E-state index in [9.17, 15) is 14.0 Å². The molecule has 1 spiro atoms. The Balaban J connectivity index is 0.000000469. The summed E-state index contributed by atoms with van der Waals surface area (Å²) >= 11 is 9.38. The highest BCUT2D eigenvalue weighted by Crippen LogP contribution is 2.52. The quantitative estimate of drug-likeness (QED) is 0.422. The molecule has 3 aliphatic heterocycles. The summed E-state index contributed by atoms with van der Waals surface area (Å²) in [6.07, 6.45) is 3.11. The summed E-state index contributed by atoms with van der Waals surface area (Å²) in [5.74, 6) is -0.710. The summed E-state index contributed by atoms with van der Waals surface area (Å²) in [5.41, 5.74) is -0.468. The van der Waals surface area contributed by atoms with Crippen LogP contribution >= 0.6 is 27.5 Å². The highest BCUT2D eigenvalue weighted by atomic mass is 79.9. The fourth-order valence-corrected chi connectivity index (χ4v) is 5.64. The lowest BCUT2D eigenvalue weighted by Crippen LogP contribution is -2.49. The number of halogens is 3. The van der Waals surface area contributed by atoms with Gasteiger partial charge in [0, 0.05) is 24.0 Å². The second-order valence-electron chi connectivity index (χ2n) is 10.8. The van der Waals surface area contributed by atoms with Gasteiger partial charge in [-0.3, -0.25) is 4.79 Å². The highest BCUT2D eigenvalue weighted by Gasteiger charge is 2.52. The van der Waals surface area contributed by atoms with Gasteiger partial charge < -0.3 is 24.6 Å². The van der Waals surface area contributed by atoms with E-state index in [1.54, 1.807) is 31.7 Å². The molecule has 37 heavy (non-hydrogen) atoms. The van der Waals surface area contributed by atoms with Crippen molar-refractivity contribution in [2.24, 2.45) is 0 Å². The van der Waals surface area contributed by atoms with Crippen molar-refractivity contribution in [2.45, 2.75) is 57.5 Å². The van der Waals surface area contributed by atoms with Gasteiger partial charge >= 0.3 is 6.09 Å². The van der Waals surface area contributed by atoms with Crippen LogP contribution in [0.25, 0.3) is 10.9 Å². The van der Waals surface area contributed by atoms with Gasteiger partial charge in [0.25, 0.3) is 0 Å². The molecule has 2 saturated heterocycles. The smallest absolute Gasteiger partial charge is 0.410 e. The second kappa shape index (κ2) is 10.5. The molecule has 1 N–H and O–H groups in total. The number of carbonyl (C=O) groups excluding carboxylic acids is 2. The average Bonchev–Trinajstić information content (AvgIpc) is 3.42. The molecule has 0 aliphatic carbocycles. The number of piperidine rings is 1. The summed E-state index contributed by atoms with van der Waals surface area (Å²) in [6.45, 7) is 8.69. The van der Waals surface area contributed by atoms with Crippen molar-refractivity contribution in [1.82, 2.24) is 14.8 Å². The number of hydrogen-bond donors (Lipinski definition) is 1. The summed E-state index contributed by atoms with van der Waals surface area (Å²) in [7, 11) is 3.59.